The molecule has 3 heterocycles. The molecule has 2 aromatic heterocycles. The molecule has 1 aliphatic carbocycles. The van der Waals surface area contributed by atoms with E-state index in [9.17, 15) is 4.79 Å². The molecule has 1 amide bonds. The zero-order valence-electron chi connectivity index (χ0n) is 16.8. The van der Waals surface area contributed by atoms with Crippen molar-refractivity contribution in [2.24, 2.45) is 0 Å². The van der Waals surface area contributed by atoms with Gasteiger partial charge < -0.3 is 15.0 Å². The number of carbonyl (C=O) groups excluding carboxylic acids is 1. The van der Waals surface area contributed by atoms with E-state index in [0.29, 0.717) is 25.7 Å². The number of H-pyrrole nitrogens is 1. The minimum absolute atomic E-state index is 0.0302. The molecule has 1 atom stereocenters. The summed E-state index contributed by atoms with van der Waals surface area (Å²) in [7, 11) is 0. The van der Waals surface area contributed by atoms with E-state index < -0.39 is 5.54 Å². The van der Waals surface area contributed by atoms with Crippen LogP contribution in [0, 0.1) is 0 Å². The first-order valence-electron chi connectivity index (χ1n) is 10.5. The van der Waals surface area contributed by atoms with Crippen molar-refractivity contribution in [3.8, 4) is 0 Å². The average Bonchev–Trinajstić information content (AvgIpc) is 3.48. The zero-order chi connectivity index (χ0) is 19.8. The highest BCUT2D eigenvalue weighted by Crippen LogP contribution is 2.37. The van der Waals surface area contributed by atoms with Crippen LogP contribution in [0.15, 0.2) is 30.5 Å². The highest BCUT2D eigenvalue weighted by Gasteiger charge is 2.43. The molecule has 0 saturated heterocycles. The third kappa shape index (κ3) is 3.13. The van der Waals surface area contributed by atoms with E-state index in [4.69, 9.17) is 4.74 Å². The number of ether oxygens (including phenoxy) is 1. The Balaban J connectivity index is 1.33. The van der Waals surface area contributed by atoms with E-state index in [1.54, 1.807) is 0 Å². The van der Waals surface area contributed by atoms with Crippen molar-refractivity contribution in [1.82, 2.24) is 25.1 Å². The number of amides is 1. The minimum atomic E-state index is -0.810. The number of aromatic nitrogens is 4. The first-order chi connectivity index (χ1) is 14.2. The van der Waals surface area contributed by atoms with Crippen LogP contribution in [0.25, 0.3) is 10.9 Å². The predicted octanol–water partition coefficient (Wildman–Crippen LogP) is 3.02. The summed E-state index contributed by atoms with van der Waals surface area (Å²) in [4.78, 5) is 16.6. The molecule has 7 nitrogen and oxygen atoms in total. The molecule has 7 heteroatoms. The van der Waals surface area contributed by atoms with Crippen molar-refractivity contribution >= 4 is 16.8 Å². The molecule has 5 rings (SSSR count). The van der Waals surface area contributed by atoms with Crippen LogP contribution in [0.3, 0.4) is 0 Å². The maximum Gasteiger partial charge on any atom is 0.248 e. The molecule has 1 unspecified atom stereocenters. The number of carbonyl (C=O) groups is 1. The number of hydrogen-bond acceptors (Lipinski definition) is 4. The molecule has 29 heavy (non-hydrogen) atoms. The summed E-state index contributed by atoms with van der Waals surface area (Å²) >= 11 is 0. The Kier molecular flexibility index (Phi) is 4.62. The van der Waals surface area contributed by atoms with E-state index >= 15 is 0 Å². The molecule has 1 aromatic carbocycles. The quantitative estimate of drug-likeness (QED) is 0.698. The first kappa shape index (κ1) is 18.4. The van der Waals surface area contributed by atoms with Crippen molar-refractivity contribution < 1.29 is 9.53 Å². The number of benzene rings is 1. The number of rotatable bonds is 5. The Bertz CT molecular complexity index is 1030. The van der Waals surface area contributed by atoms with Crippen molar-refractivity contribution in [3.05, 3.63) is 47.7 Å². The van der Waals surface area contributed by atoms with Crippen molar-refractivity contribution in [3.63, 3.8) is 0 Å². The fourth-order valence-corrected chi connectivity index (χ4v) is 4.82. The van der Waals surface area contributed by atoms with Gasteiger partial charge in [-0.3, -0.25) is 9.36 Å². The Labute approximate surface area is 169 Å². The second-order valence-corrected chi connectivity index (χ2v) is 8.42. The molecule has 152 valence electrons. The van der Waals surface area contributed by atoms with Crippen LogP contribution in [0.2, 0.25) is 0 Å². The van der Waals surface area contributed by atoms with Gasteiger partial charge in [0.1, 0.15) is 18.0 Å². The maximum absolute atomic E-state index is 13.3. The number of nitrogens with one attached hydrogen (secondary N) is 2. The van der Waals surface area contributed by atoms with E-state index in [1.165, 1.54) is 23.8 Å². The standard InChI is InChI=1S/C22H27N5O2/c1-22(14-29-13-19-25-26-20(27(19)22)15-6-2-3-7-15)21(28)23-11-10-16-12-24-18-9-5-4-8-17(16)18/h4-5,8-9,12,15,24H,2-3,6-7,10-11,13-14H2,1H3,(H,23,28). The molecule has 0 spiro atoms. The lowest BCUT2D eigenvalue weighted by molar-refractivity contribution is -0.135. The lowest BCUT2D eigenvalue weighted by Gasteiger charge is -2.36. The largest absolute Gasteiger partial charge is 0.370 e. The van der Waals surface area contributed by atoms with Crippen LogP contribution in [0.5, 0.6) is 0 Å². The lowest BCUT2D eigenvalue weighted by atomic mass is 9.97. The Morgan fingerprint density at radius 1 is 1.31 bits per heavy atom. The van der Waals surface area contributed by atoms with Gasteiger partial charge in [0.15, 0.2) is 5.82 Å². The van der Waals surface area contributed by atoms with Crippen LogP contribution in [-0.2, 0) is 28.1 Å². The van der Waals surface area contributed by atoms with Crippen molar-refractivity contribution in [2.75, 3.05) is 13.2 Å². The van der Waals surface area contributed by atoms with Gasteiger partial charge in [0.25, 0.3) is 0 Å². The summed E-state index contributed by atoms with van der Waals surface area (Å²) in [6.07, 6.45) is 7.48. The van der Waals surface area contributed by atoms with Gasteiger partial charge >= 0.3 is 0 Å². The number of aromatic amines is 1. The molecular formula is C22H27N5O2. The van der Waals surface area contributed by atoms with E-state index in [1.807, 2.05) is 25.3 Å². The summed E-state index contributed by atoms with van der Waals surface area (Å²) in [5.41, 5.74) is 1.52. The Morgan fingerprint density at radius 2 is 2.14 bits per heavy atom. The summed E-state index contributed by atoms with van der Waals surface area (Å²) in [6.45, 7) is 3.28. The van der Waals surface area contributed by atoms with Crippen LogP contribution < -0.4 is 5.32 Å². The molecule has 2 N–H and O–H groups in total. The molecule has 1 aliphatic heterocycles. The molecule has 3 aromatic rings. The number of fused-ring (bicyclic) bond motifs is 2. The monoisotopic (exact) mass is 393 g/mol. The van der Waals surface area contributed by atoms with Gasteiger partial charge in [-0.25, -0.2) is 0 Å². The molecular weight excluding hydrogens is 366 g/mol. The van der Waals surface area contributed by atoms with Gasteiger partial charge in [-0.2, -0.15) is 0 Å². The minimum Gasteiger partial charge on any atom is -0.370 e. The maximum atomic E-state index is 13.3. The van der Waals surface area contributed by atoms with Crippen LogP contribution in [0.4, 0.5) is 0 Å². The third-order valence-electron chi connectivity index (χ3n) is 6.43. The van der Waals surface area contributed by atoms with Gasteiger partial charge in [-0.05, 0) is 37.8 Å². The summed E-state index contributed by atoms with van der Waals surface area (Å²) < 4.78 is 7.79. The second kappa shape index (κ2) is 7.30. The highest BCUT2D eigenvalue weighted by molar-refractivity contribution is 5.85. The normalized spacial score (nSPS) is 22.1. The van der Waals surface area contributed by atoms with Crippen molar-refractivity contribution in [1.29, 1.82) is 0 Å². The van der Waals surface area contributed by atoms with Crippen LogP contribution in [0.1, 0.15) is 55.7 Å². The van der Waals surface area contributed by atoms with Gasteiger partial charge in [0, 0.05) is 29.6 Å². The van der Waals surface area contributed by atoms with E-state index in [-0.39, 0.29) is 5.91 Å². The molecule has 1 saturated carbocycles. The fraction of sp³-hybridized carbons (Fsp3) is 0.500. The number of nitrogens with zero attached hydrogens (tertiary/aromatic N) is 3. The fourth-order valence-electron chi connectivity index (χ4n) is 4.82. The molecule has 0 bridgehead atoms. The summed E-state index contributed by atoms with van der Waals surface area (Å²) in [5, 5.41) is 13.1. The van der Waals surface area contributed by atoms with Crippen LogP contribution in [-0.4, -0.2) is 38.8 Å². The third-order valence-corrected chi connectivity index (χ3v) is 6.43. The zero-order valence-corrected chi connectivity index (χ0v) is 16.8. The topological polar surface area (TPSA) is 84.8 Å². The summed E-state index contributed by atoms with van der Waals surface area (Å²) in [5.74, 6) is 2.08. The van der Waals surface area contributed by atoms with Crippen molar-refractivity contribution in [2.45, 2.75) is 57.1 Å². The predicted molar refractivity (Wildman–Crippen MR) is 110 cm³/mol. The van der Waals surface area contributed by atoms with E-state index in [0.717, 1.165) is 36.4 Å². The highest BCUT2D eigenvalue weighted by atomic mass is 16.5. The van der Waals surface area contributed by atoms with Gasteiger partial charge in [0.05, 0.1) is 6.61 Å². The first-order valence-corrected chi connectivity index (χ1v) is 10.5. The van der Waals surface area contributed by atoms with Gasteiger partial charge in [-0.15, -0.1) is 10.2 Å². The molecule has 0 radical (unpaired) electrons. The second-order valence-electron chi connectivity index (χ2n) is 8.42. The molecule has 2 aliphatic rings. The van der Waals surface area contributed by atoms with Gasteiger partial charge in [0.2, 0.25) is 5.91 Å². The average molecular weight is 393 g/mol. The summed E-state index contributed by atoms with van der Waals surface area (Å²) in [6, 6.07) is 8.23. The Hall–Kier alpha value is -2.67. The number of para-hydroxylation sites is 1. The lowest BCUT2D eigenvalue weighted by Crippen LogP contribution is -2.53. The smallest absolute Gasteiger partial charge is 0.248 e. The molecule has 1 fully saturated rings. The SMILES string of the molecule is CC1(C(=O)NCCc2c[nH]c3ccccc23)COCc2nnc(C3CCCC3)n21. The van der Waals surface area contributed by atoms with Gasteiger partial charge in [-0.1, -0.05) is 31.0 Å². The number of hydrogen-bond donors (Lipinski definition) is 2. The van der Waals surface area contributed by atoms with Crippen LogP contribution >= 0.6 is 0 Å². The van der Waals surface area contributed by atoms with E-state index in [2.05, 4.69) is 37.2 Å². The Morgan fingerprint density at radius 3 is 3.00 bits per heavy atom.